The van der Waals surface area contributed by atoms with Crippen LogP contribution in [0, 0.1) is 13.8 Å². The zero-order valence-electron chi connectivity index (χ0n) is 14.3. The molecule has 0 aliphatic heterocycles. The van der Waals surface area contributed by atoms with Crippen LogP contribution in [0.4, 0.5) is 4.79 Å². The third-order valence-electron chi connectivity index (χ3n) is 4.49. The number of carbonyl (C=O) groups excluding carboxylic acids is 1. The molecular formula is C20H23N3O. The lowest BCUT2D eigenvalue weighted by Gasteiger charge is -2.18. The molecule has 1 aromatic heterocycles. The summed E-state index contributed by atoms with van der Waals surface area (Å²) in [5, 5.41) is 7.07. The predicted molar refractivity (Wildman–Crippen MR) is 98.0 cm³/mol. The Morgan fingerprint density at radius 1 is 1.12 bits per heavy atom. The van der Waals surface area contributed by atoms with Gasteiger partial charge in [-0.15, -0.1) is 0 Å². The van der Waals surface area contributed by atoms with Crippen LogP contribution < -0.4 is 10.6 Å². The van der Waals surface area contributed by atoms with Gasteiger partial charge in [0, 0.05) is 11.2 Å². The molecule has 3 aromatic rings. The first-order chi connectivity index (χ1) is 11.5. The second kappa shape index (κ2) is 6.79. The van der Waals surface area contributed by atoms with Crippen LogP contribution in [-0.2, 0) is 6.54 Å². The van der Waals surface area contributed by atoms with Gasteiger partial charge < -0.3 is 15.6 Å². The number of aryl methyl sites for hydroxylation is 1. The van der Waals surface area contributed by atoms with E-state index in [2.05, 4.69) is 53.7 Å². The molecule has 0 radical (unpaired) electrons. The molecule has 2 amide bonds. The molecule has 2 aromatic carbocycles. The Kier molecular flexibility index (Phi) is 4.56. The molecule has 124 valence electrons. The van der Waals surface area contributed by atoms with Crippen molar-refractivity contribution in [2.45, 2.75) is 33.4 Å². The summed E-state index contributed by atoms with van der Waals surface area (Å²) < 4.78 is 0. The van der Waals surface area contributed by atoms with Gasteiger partial charge in [-0.1, -0.05) is 36.4 Å². The number of rotatable bonds is 4. The SMILES string of the molecule is Cc1cccc(C(C)NC(=O)NCc2cc3ccccc3[nH]2)c1C. The van der Waals surface area contributed by atoms with Gasteiger partial charge in [0.2, 0.25) is 0 Å². The minimum atomic E-state index is -0.165. The Labute approximate surface area is 142 Å². The van der Waals surface area contributed by atoms with E-state index < -0.39 is 0 Å². The van der Waals surface area contributed by atoms with Crippen molar-refractivity contribution < 1.29 is 4.79 Å². The standard InChI is InChI=1S/C20H23N3O/c1-13-7-6-9-18(14(13)2)15(3)22-20(24)21-12-17-11-16-8-4-5-10-19(16)23-17/h4-11,15,23H,12H2,1-3H3,(H2,21,22,24). The molecular weight excluding hydrogens is 298 g/mol. The van der Waals surface area contributed by atoms with Crippen molar-refractivity contribution in [1.82, 2.24) is 15.6 Å². The number of hydrogen-bond donors (Lipinski definition) is 3. The lowest BCUT2D eigenvalue weighted by atomic mass is 9.98. The molecule has 24 heavy (non-hydrogen) atoms. The third-order valence-corrected chi connectivity index (χ3v) is 4.49. The van der Waals surface area contributed by atoms with E-state index in [0.717, 1.165) is 22.2 Å². The van der Waals surface area contributed by atoms with Crippen molar-refractivity contribution in [2.24, 2.45) is 0 Å². The number of H-pyrrole nitrogens is 1. The Balaban J connectivity index is 1.60. The fraction of sp³-hybridized carbons (Fsp3) is 0.250. The molecule has 0 aliphatic carbocycles. The second-order valence-corrected chi connectivity index (χ2v) is 6.22. The van der Waals surface area contributed by atoms with Gasteiger partial charge in [0.15, 0.2) is 0 Å². The maximum atomic E-state index is 12.2. The summed E-state index contributed by atoms with van der Waals surface area (Å²) in [6.07, 6.45) is 0. The van der Waals surface area contributed by atoms with Crippen LogP contribution in [0.25, 0.3) is 10.9 Å². The third kappa shape index (κ3) is 3.43. The highest BCUT2D eigenvalue weighted by molar-refractivity contribution is 5.80. The van der Waals surface area contributed by atoms with E-state index in [1.807, 2.05) is 31.2 Å². The first-order valence-corrected chi connectivity index (χ1v) is 8.21. The Morgan fingerprint density at radius 2 is 1.92 bits per heavy atom. The van der Waals surface area contributed by atoms with Gasteiger partial charge in [0.25, 0.3) is 0 Å². The van der Waals surface area contributed by atoms with E-state index in [9.17, 15) is 4.79 Å². The maximum absolute atomic E-state index is 12.2. The van der Waals surface area contributed by atoms with Crippen LogP contribution in [0.1, 0.15) is 35.3 Å². The maximum Gasteiger partial charge on any atom is 0.315 e. The van der Waals surface area contributed by atoms with E-state index >= 15 is 0 Å². The summed E-state index contributed by atoms with van der Waals surface area (Å²) in [5.74, 6) is 0. The summed E-state index contributed by atoms with van der Waals surface area (Å²) in [4.78, 5) is 15.5. The van der Waals surface area contributed by atoms with Gasteiger partial charge in [-0.3, -0.25) is 0 Å². The first kappa shape index (κ1) is 16.1. The van der Waals surface area contributed by atoms with E-state index in [1.54, 1.807) is 0 Å². The molecule has 1 heterocycles. The summed E-state index contributed by atoms with van der Waals surface area (Å²) in [6, 6.07) is 16.1. The second-order valence-electron chi connectivity index (χ2n) is 6.22. The topological polar surface area (TPSA) is 56.9 Å². The number of fused-ring (bicyclic) bond motifs is 1. The Bertz CT molecular complexity index is 833. The fourth-order valence-corrected chi connectivity index (χ4v) is 2.97. The molecule has 0 fully saturated rings. The molecule has 0 saturated heterocycles. The van der Waals surface area contributed by atoms with Gasteiger partial charge in [-0.05, 0) is 55.0 Å². The average molecular weight is 321 g/mol. The molecule has 4 nitrogen and oxygen atoms in total. The van der Waals surface area contributed by atoms with Crippen LogP contribution >= 0.6 is 0 Å². The molecule has 1 atom stereocenters. The highest BCUT2D eigenvalue weighted by atomic mass is 16.2. The zero-order chi connectivity index (χ0) is 17.1. The van der Waals surface area contributed by atoms with Gasteiger partial charge in [-0.2, -0.15) is 0 Å². The number of hydrogen-bond acceptors (Lipinski definition) is 1. The van der Waals surface area contributed by atoms with E-state index in [4.69, 9.17) is 0 Å². The molecule has 0 aliphatic rings. The summed E-state index contributed by atoms with van der Waals surface area (Å²) in [6.45, 7) is 6.65. The van der Waals surface area contributed by atoms with Gasteiger partial charge in [0.05, 0.1) is 12.6 Å². The highest BCUT2D eigenvalue weighted by Gasteiger charge is 2.12. The Morgan fingerprint density at radius 3 is 2.71 bits per heavy atom. The monoisotopic (exact) mass is 321 g/mol. The molecule has 1 unspecified atom stereocenters. The first-order valence-electron chi connectivity index (χ1n) is 8.21. The molecule has 4 heteroatoms. The summed E-state index contributed by atoms with van der Waals surface area (Å²) in [5.41, 5.74) is 5.68. The largest absolute Gasteiger partial charge is 0.357 e. The lowest BCUT2D eigenvalue weighted by molar-refractivity contribution is 0.237. The molecule has 0 bridgehead atoms. The number of carbonyl (C=O) groups is 1. The Hall–Kier alpha value is -2.75. The van der Waals surface area contributed by atoms with Crippen LogP contribution in [0.2, 0.25) is 0 Å². The van der Waals surface area contributed by atoms with Crippen LogP contribution in [-0.4, -0.2) is 11.0 Å². The van der Waals surface area contributed by atoms with Crippen molar-refractivity contribution in [2.75, 3.05) is 0 Å². The predicted octanol–water partition coefficient (Wildman–Crippen LogP) is 4.35. The fourth-order valence-electron chi connectivity index (χ4n) is 2.97. The minimum absolute atomic E-state index is 0.0346. The number of aromatic amines is 1. The number of aromatic nitrogens is 1. The summed E-state index contributed by atoms with van der Waals surface area (Å²) in [7, 11) is 0. The number of urea groups is 1. The molecule has 3 rings (SSSR count). The minimum Gasteiger partial charge on any atom is -0.357 e. The van der Waals surface area contributed by atoms with Crippen molar-refractivity contribution in [3.63, 3.8) is 0 Å². The van der Waals surface area contributed by atoms with Crippen molar-refractivity contribution >= 4 is 16.9 Å². The van der Waals surface area contributed by atoms with Gasteiger partial charge >= 0.3 is 6.03 Å². The normalized spacial score (nSPS) is 12.1. The number of benzene rings is 2. The van der Waals surface area contributed by atoms with E-state index in [-0.39, 0.29) is 12.1 Å². The van der Waals surface area contributed by atoms with E-state index in [0.29, 0.717) is 6.54 Å². The van der Waals surface area contributed by atoms with Crippen molar-refractivity contribution in [3.05, 3.63) is 70.9 Å². The molecule has 3 N–H and O–H groups in total. The smallest absolute Gasteiger partial charge is 0.315 e. The number of nitrogens with one attached hydrogen (secondary N) is 3. The number of amides is 2. The van der Waals surface area contributed by atoms with E-state index in [1.165, 1.54) is 11.1 Å². The lowest BCUT2D eigenvalue weighted by Crippen LogP contribution is -2.36. The number of para-hydroxylation sites is 1. The van der Waals surface area contributed by atoms with Crippen molar-refractivity contribution in [1.29, 1.82) is 0 Å². The average Bonchev–Trinajstić information content (AvgIpc) is 2.98. The molecule has 0 spiro atoms. The quantitative estimate of drug-likeness (QED) is 0.657. The zero-order valence-corrected chi connectivity index (χ0v) is 14.3. The van der Waals surface area contributed by atoms with Crippen LogP contribution in [0.15, 0.2) is 48.5 Å². The highest BCUT2D eigenvalue weighted by Crippen LogP contribution is 2.20. The summed E-state index contributed by atoms with van der Waals surface area (Å²) >= 11 is 0. The van der Waals surface area contributed by atoms with Gasteiger partial charge in [-0.25, -0.2) is 4.79 Å². The van der Waals surface area contributed by atoms with Crippen LogP contribution in [0.5, 0.6) is 0 Å². The van der Waals surface area contributed by atoms with Gasteiger partial charge in [0.1, 0.15) is 0 Å². The van der Waals surface area contributed by atoms with Crippen molar-refractivity contribution in [3.8, 4) is 0 Å². The molecule has 0 saturated carbocycles. The van der Waals surface area contributed by atoms with Crippen LogP contribution in [0.3, 0.4) is 0 Å².